The van der Waals surface area contributed by atoms with Gasteiger partial charge in [0.1, 0.15) is 11.5 Å². The number of nitrogens with zero attached hydrogens (tertiary/aromatic N) is 1. The minimum atomic E-state index is -1.81. The Balaban J connectivity index is 1.93. The quantitative estimate of drug-likeness (QED) is 0.580. The summed E-state index contributed by atoms with van der Waals surface area (Å²) in [5.41, 5.74) is 1.51. The lowest BCUT2D eigenvalue weighted by atomic mass is 9.86. The molecule has 0 saturated carbocycles. The van der Waals surface area contributed by atoms with Gasteiger partial charge in [-0.05, 0) is 37.1 Å². The van der Waals surface area contributed by atoms with Gasteiger partial charge in [-0.3, -0.25) is 0 Å². The molecular formula is C19H15NO4. The van der Waals surface area contributed by atoms with Gasteiger partial charge in [-0.1, -0.05) is 41.6 Å². The minimum absolute atomic E-state index is 0.363. The maximum absolute atomic E-state index is 12.4. The number of carbonyl (C=O) groups excluding carboxylic acids is 1. The zero-order chi connectivity index (χ0) is 16.9. The molecule has 0 radical (unpaired) electrons. The first-order valence-corrected chi connectivity index (χ1v) is 7.60. The molecule has 0 saturated heterocycles. The van der Waals surface area contributed by atoms with Crippen molar-refractivity contribution in [1.29, 1.82) is 0 Å². The van der Waals surface area contributed by atoms with Gasteiger partial charge in [0.05, 0.1) is 5.69 Å². The Kier molecular flexibility index (Phi) is 3.08. The average Bonchev–Trinajstić information content (AvgIpc) is 3.06. The van der Waals surface area contributed by atoms with E-state index in [1.807, 2.05) is 26.0 Å². The van der Waals surface area contributed by atoms with Gasteiger partial charge >= 0.3 is 5.97 Å². The van der Waals surface area contributed by atoms with Crippen LogP contribution in [0.4, 0.5) is 0 Å². The summed E-state index contributed by atoms with van der Waals surface area (Å²) in [7, 11) is 0. The molecule has 2 aromatic carbocycles. The molecule has 1 aromatic heterocycles. The van der Waals surface area contributed by atoms with E-state index in [1.54, 1.807) is 36.4 Å². The number of esters is 1. The van der Waals surface area contributed by atoms with Gasteiger partial charge in [0.25, 0.3) is 0 Å². The number of ether oxygens (including phenoxy) is 1. The van der Waals surface area contributed by atoms with Crippen LogP contribution < -0.4 is 4.74 Å². The molecule has 0 spiro atoms. The Labute approximate surface area is 138 Å². The van der Waals surface area contributed by atoms with Crippen molar-refractivity contribution in [1.82, 2.24) is 5.16 Å². The highest BCUT2D eigenvalue weighted by Crippen LogP contribution is 2.44. The lowest BCUT2D eigenvalue weighted by Crippen LogP contribution is -2.34. The van der Waals surface area contributed by atoms with E-state index in [2.05, 4.69) is 5.16 Å². The highest BCUT2D eigenvalue weighted by atomic mass is 16.6. The van der Waals surface area contributed by atoms with Crippen molar-refractivity contribution in [3.8, 4) is 16.9 Å². The Hall–Kier alpha value is -2.92. The van der Waals surface area contributed by atoms with E-state index < -0.39 is 11.6 Å². The monoisotopic (exact) mass is 321 g/mol. The molecule has 24 heavy (non-hydrogen) atoms. The molecule has 2 heterocycles. The first-order valence-electron chi connectivity index (χ1n) is 7.60. The summed E-state index contributed by atoms with van der Waals surface area (Å²) in [4.78, 5) is 12.4. The van der Waals surface area contributed by atoms with Crippen molar-refractivity contribution in [2.45, 2.75) is 19.4 Å². The van der Waals surface area contributed by atoms with E-state index >= 15 is 0 Å². The second kappa shape index (κ2) is 5.04. The van der Waals surface area contributed by atoms with Crippen molar-refractivity contribution < 1.29 is 19.2 Å². The first-order chi connectivity index (χ1) is 11.5. The topological polar surface area (TPSA) is 72.6 Å². The molecule has 1 N–H and O–H groups in total. The number of hydrogen-bond donors (Lipinski definition) is 1. The summed E-state index contributed by atoms with van der Waals surface area (Å²) in [6, 6.07) is 14.1. The van der Waals surface area contributed by atoms with Gasteiger partial charge in [0, 0.05) is 11.1 Å². The highest BCUT2D eigenvalue weighted by molar-refractivity contribution is 5.93. The number of hydrogen-bond acceptors (Lipinski definition) is 5. The van der Waals surface area contributed by atoms with E-state index in [1.165, 1.54) is 0 Å². The molecule has 0 fully saturated rings. The van der Waals surface area contributed by atoms with E-state index in [0.29, 0.717) is 22.6 Å². The summed E-state index contributed by atoms with van der Waals surface area (Å²) < 4.78 is 10.5. The molecule has 1 atom stereocenters. The van der Waals surface area contributed by atoms with Gasteiger partial charge in [0.2, 0.25) is 5.60 Å². The van der Waals surface area contributed by atoms with E-state index in [0.717, 1.165) is 16.8 Å². The Bertz CT molecular complexity index is 926. The van der Waals surface area contributed by atoms with Gasteiger partial charge in [0.15, 0.2) is 0 Å². The SMILES string of the molecule is Cc1noc(C)c1-c1ccc2c(c1)C(O)(c1ccccc1)C(=O)O2. The molecule has 4 rings (SSSR count). The zero-order valence-electron chi connectivity index (χ0n) is 13.2. The van der Waals surface area contributed by atoms with Crippen LogP contribution in [0.25, 0.3) is 11.1 Å². The van der Waals surface area contributed by atoms with Crippen LogP contribution in [0, 0.1) is 13.8 Å². The van der Waals surface area contributed by atoms with Crippen LogP contribution >= 0.6 is 0 Å². The number of aryl methyl sites for hydroxylation is 2. The molecule has 5 nitrogen and oxygen atoms in total. The fraction of sp³-hybridized carbons (Fsp3) is 0.158. The number of carbonyl (C=O) groups is 1. The Morgan fingerprint density at radius 3 is 2.50 bits per heavy atom. The largest absolute Gasteiger partial charge is 0.423 e. The number of aromatic nitrogens is 1. The zero-order valence-corrected chi connectivity index (χ0v) is 13.2. The standard InChI is InChI=1S/C19H15NO4/c1-11-17(12(2)24-20-11)13-8-9-16-15(10-13)19(22,18(21)23-16)14-6-4-3-5-7-14/h3-10,22H,1-2H3. The molecule has 3 aromatic rings. The molecule has 120 valence electrons. The van der Waals surface area contributed by atoms with Gasteiger partial charge in [-0.25, -0.2) is 4.79 Å². The second-order valence-electron chi connectivity index (χ2n) is 5.88. The number of fused-ring (bicyclic) bond motifs is 1. The van der Waals surface area contributed by atoms with Crippen LogP contribution in [-0.4, -0.2) is 16.2 Å². The van der Waals surface area contributed by atoms with Crippen molar-refractivity contribution in [3.05, 3.63) is 71.1 Å². The number of rotatable bonds is 2. The maximum atomic E-state index is 12.4. The summed E-state index contributed by atoms with van der Waals surface area (Å²) >= 11 is 0. The van der Waals surface area contributed by atoms with Crippen molar-refractivity contribution >= 4 is 5.97 Å². The highest BCUT2D eigenvalue weighted by Gasteiger charge is 2.49. The van der Waals surface area contributed by atoms with Crippen LogP contribution in [-0.2, 0) is 10.4 Å². The Morgan fingerprint density at radius 2 is 1.83 bits per heavy atom. The predicted octanol–water partition coefficient (Wildman–Crippen LogP) is 3.11. The molecule has 1 aliphatic rings. The molecule has 1 unspecified atom stereocenters. The summed E-state index contributed by atoms with van der Waals surface area (Å²) in [6.07, 6.45) is 0. The van der Waals surface area contributed by atoms with Crippen LogP contribution in [0.3, 0.4) is 0 Å². The smallest absolute Gasteiger partial charge is 0.353 e. The summed E-state index contributed by atoms with van der Waals surface area (Å²) in [5.74, 6) is 0.349. The van der Waals surface area contributed by atoms with Gasteiger partial charge in [-0.15, -0.1) is 0 Å². The third kappa shape index (κ3) is 1.91. The minimum Gasteiger partial charge on any atom is -0.423 e. The fourth-order valence-corrected chi connectivity index (χ4v) is 3.19. The number of benzene rings is 2. The molecule has 0 bridgehead atoms. The van der Waals surface area contributed by atoms with E-state index in [4.69, 9.17) is 9.26 Å². The molecule has 1 aliphatic heterocycles. The van der Waals surface area contributed by atoms with Crippen LogP contribution in [0.2, 0.25) is 0 Å². The predicted molar refractivity (Wildman–Crippen MR) is 86.5 cm³/mol. The third-order valence-corrected chi connectivity index (χ3v) is 4.38. The fourth-order valence-electron chi connectivity index (χ4n) is 3.19. The van der Waals surface area contributed by atoms with Crippen molar-refractivity contribution in [2.75, 3.05) is 0 Å². The average molecular weight is 321 g/mol. The summed E-state index contributed by atoms with van der Waals surface area (Å²) in [5, 5.41) is 15.1. The lowest BCUT2D eigenvalue weighted by molar-refractivity contribution is -0.147. The summed E-state index contributed by atoms with van der Waals surface area (Å²) in [6.45, 7) is 3.68. The van der Waals surface area contributed by atoms with Crippen LogP contribution in [0.1, 0.15) is 22.6 Å². The van der Waals surface area contributed by atoms with E-state index in [9.17, 15) is 9.90 Å². The number of aliphatic hydroxyl groups is 1. The Morgan fingerprint density at radius 1 is 1.08 bits per heavy atom. The lowest BCUT2D eigenvalue weighted by Gasteiger charge is -2.20. The third-order valence-electron chi connectivity index (χ3n) is 4.38. The van der Waals surface area contributed by atoms with Crippen LogP contribution in [0.15, 0.2) is 53.1 Å². The van der Waals surface area contributed by atoms with E-state index in [-0.39, 0.29) is 0 Å². The normalized spacial score (nSPS) is 19.2. The van der Waals surface area contributed by atoms with Crippen LogP contribution in [0.5, 0.6) is 5.75 Å². The molecule has 0 aliphatic carbocycles. The van der Waals surface area contributed by atoms with Gasteiger partial charge in [-0.2, -0.15) is 0 Å². The first kappa shape index (κ1) is 14.7. The van der Waals surface area contributed by atoms with Crippen molar-refractivity contribution in [3.63, 3.8) is 0 Å². The second-order valence-corrected chi connectivity index (χ2v) is 5.88. The van der Waals surface area contributed by atoms with Crippen molar-refractivity contribution in [2.24, 2.45) is 0 Å². The molecule has 0 amide bonds. The maximum Gasteiger partial charge on any atom is 0.353 e. The van der Waals surface area contributed by atoms with Gasteiger partial charge < -0.3 is 14.4 Å². The molecular weight excluding hydrogens is 306 g/mol. The molecule has 5 heteroatoms.